The van der Waals surface area contributed by atoms with Crippen LogP contribution in [0.1, 0.15) is 47.1 Å². The predicted octanol–water partition coefficient (Wildman–Crippen LogP) is 14.4. The van der Waals surface area contributed by atoms with Gasteiger partial charge in [0.05, 0.1) is 28.0 Å². The van der Waals surface area contributed by atoms with E-state index in [1.807, 2.05) is 68.4 Å². The Bertz CT molecular complexity index is 3110. The van der Waals surface area contributed by atoms with Crippen molar-refractivity contribution >= 4 is 11.0 Å². The van der Waals surface area contributed by atoms with Gasteiger partial charge >= 0.3 is 0 Å². The topological polar surface area (TPSA) is 50.9 Å². The lowest BCUT2D eigenvalue weighted by Crippen LogP contribution is -2.12. The number of imidazole rings is 1. The molecule has 2 heterocycles. The molecule has 2 aromatic heterocycles. The van der Waals surface area contributed by atoms with Crippen LogP contribution in [-0.2, 0) is 5.41 Å². The minimum absolute atomic E-state index is 0.0822. The molecule has 288 valence electrons. The summed E-state index contributed by atoms with van der Waals surface area (Å²) in [5.41, 5.74) is 16.3. The van der Waals surface area contributed by atoms with Crippen molar-refractivity contribution in [3.63, 3.8) is 0 Å². The first-order valence-electron chi connectivity index (χ1n) is 21.5. The minimum atomic E-state index is -2.17. The van der Waals surface area contributed by atoms with E-state index in [9.17, 15) is 5.11 Å². The molecule has 0 atom stereocenters. The van der Waals surface area contributed by atoms with Crippen LogP contribution in [0.15, 0.2) is 170 Å². The van der Waals surface area contributed by atoms with Gasteiger partial charge in [-0.3, -0.25) is 9.55 Å². The number of nitrogens with zero attached hydrogens (tertiary/aromatic N) is 3. The van der Waals surface area contributed by atoms with Gasteiger partial charge in [0.2, 0.25) is 0 Å². The summed E-state index contributed by atoms with van der Waals surface area (Å²) in [5.74, 6) is 0.851. The molecular weight excluding hydrogens is 719 g/mol. The molecule has 7 aromatic carbocycles. The third-order valence-electron chi connectivity index (χ3n) is 11.2. The molecule has 0 aliphatic heterocycles. The van der Waals surface area contributed by atoms with Crippen LogP contribution in [0.5, 0.6) is 5.75 Å². The first-order valence-corrected chi connectivity index (χ1v) is 20.0. The van der Waals surface area contributed by atoms with Crippen LogP contribution in [0.2, 0.25) is 0 Å². The number of benzene rings is 7. The molecule has 4 heteroatoms. The highest BCUT2D eigenvalue weighted by molar-refractivity contribution is 5.98. The molecule has 1 N–H and O–H groups in total. The first-order chi connectivity index (χ1) is 29.7. The van der Waals surface area contributed by atoms with Gasteiger partial charge in [-0.15, -0.1) is 0 Å². The Morgan fingerprint density at radius 1 is 0.542 bits per heavy atom. The molecule has 0 aliphatic rings. The number of fused-ring (bicyclic) bond motifs is 1. The molecule has 0 spiro atoms. The molecule has 0 aliphatic carbocycles. The fourth-order valence-corrected chi connectivity index (χ4v) is 8.09. The summed E-state index contributed by atoms with van der Waals surface area (Å²) < 4.78 is 25.7. The molecule has 59 heavy (non-hydrogen) atoms. The van der Waals surface area contributed by atoms with E-state index in [0.29, 0.717) is 17.0 Å². The molecule has 0 bridgehead atoms. The Morgan fingerprint density at radius 2 is 1.24 bits per heavy atom. The summed E-state index contributed by atoms with van der Waals surface area (Å²) in [5, 5.41) is 11.8. The van der Waals surface area contributed by atoms with E-state index in [4.69, 9.17) is 14.1 Å². The Balaban J connectivity index is 1.29. The van der Waals surface area contributed by atoms with E-state index >= 15 is 0 Å². The van der Waals surface area contributed by atoms with Crippen molar-refractivity contribution in [2.75, 3.05) is 0 Å². The van der Waals surface area contributed by atoms with Gasteiger partial charge in [0.1, 0.15) is 11.6 Å². The number of phenolic OH excluding ortho intramolecular Hbond substituents is 1. The largest absolute Gasteiger partial charge is 0.507 e. The molecule has 0 saturated heterocycles. The minimum Gasteiger partial charge on any atom is -0.507 e. The average Bonchev–Trinajstić information content (AvgIpc) is 3.67. The van der Waals surface area contributed by atoms with Crippen molar-refractivity contribution in [2.45, 2.75) is 46.9 Å². The predicted molar refractivity (Wildman–Crippen MR) is 246 cm³/mol. The number of rotatable bonds is 7. The van der Waals surface area contributed by atoms with E-state index in [2.05, 4.69) is 122 Å². The van der Waals surface area contributed by atoms with Crippen LogP contribution in [0.25, 0.3) is 83.9 Å². The highest BCUT2D eigenvalue weighted by Gasteiger charge is 2.25. The lowest BCUT2D eigenvalue weighted by Gasteiger charge is -2.23. The molecular formula is C55H47N3O. The number of aryl methyl sites for hydroxylation is 3. The number of hydrogen-bond donors (Lipinski definition) is 1. The SMILES string of the molecule is [2H]C([2H])([2H])c1ccc(-c2ccnc(-c3cc(-c4ccccc4)cc(-c4cccc5c4nc(-c4cc(C)cc(C)c4O)n5-c4ccc(C(C)(C)C)cc4-c4ccccc4)c3)c2)cc1. The van der Waals surface area contributed by atoms with Crippen LogP contribution in [0, 0.1) is 20.7 Å². The van der Waals surface area contributed by atoms with Crippen molar-refractivity contribution in [1.82, 2.24) is 14.5 Å². The molecule has 0 unspecified atom stereocenters. The quantitative estimate of drug-likeness (QED) is 0.176. The zero-order valence-electron chi connectivity index (χ0n) is 37.0. The van der Waals surface area contributed by atoms with Gasteiger partial charge in [-0.1, -0.05) is 136 Å². The van der Waals surface area contributed by atoms with Crippen LogP contribution < -0.4 is 0 Å². The molecule has 9 rings (SSSR count). The second kappa shape index (κ2) is 15.0. The number of pyridine rings is 1. The van der Waals surface area contributed by atoms with E-state index in [1.165, 1.54) is 5.56 Å². The van der Waals surface area contributed by atoms with Gasteiger partial charge in [0.25, 0.3) is 0 Å². The van der Waals surface area contributed by atoms with Gasteiger partial charge in [0.15, 0.2) is 0 Å². The van der Waals surface area contributed by atoms with Crippen molar-refractivity contribution < 1.29 is 9.22 Å². The van der Waals surface area contributed by atoms with Gasteiger partial charge in [0, 0.05) is 27.0 Å². The fourth-order valence-electron chi connectivity index (χ4n) is 8.09. The summed E-state index contributed by atoms with van der Waals surface area (Å²) in [7, 11) is 0. The Labute approximate surface area is 351 Å². The first kappa shape index (κ1) is 34.0. The molecule has 0 saturated carbocycles. The van der Waals surface area contributed by atoms with Crippen LogP contribution >= 0.6 is 0 Å². The van der Waals surface area contributed by atoms with E-state index in [1.54, 1.807) is 18.3 Å². The maximum absolute atomic E-state index is 11.8. The van der Waals surface area contributed by atoms with Gasteiger partial charge < -0.3 is 5.11 Å². The smallest absolute Gasteiger partial charge is 0.149 e. The third-order valence-corrected chi connectivity index (χ3v) is 11.2. The Morgan fingerprint density at radius 3 is 1.97 bits per heavy atom. The summed E-state index contributed by atoms with van der Waals surface area (Å²) >= 11 is 0. The number of hydrogen-bond acceptors (Lipinski definition) is 3. The molecule has 9 aromatic rings. The maximum atomic E-state index is 11.8. The van der Waals surface area contributed by atoms with Crippen molar-refractivity contribution in [3.05, 3.63) is 192 Å². The highest BCUT2D eigenvalue weighted by Crippen LogP contribution is 2.43. The fraction of sp³-hybridized carbons (Fsp3) is 0.127. The van der Waals surface area contributed by atoms with E-state index < -0.39 is 6.85 Å². The van der Waals surface area contributed by atoms with E-state index in [-0.39, 0.29) is 11.2 Å². The number of aromatic hydroxyl groups is 1. The lowest BCUT2D eigenvalue weighted by molar-refractivity contribution is 0.472. The molecule has 0 radical (unpaired) electrons. The zero-order chi connectivity index (χ0) is 43.3. The van der Waals surface area contributed by atoms with Gasteiger partial charge in [-0.2, -0.15) is 0 Å². The van der Waals surface area contributed by atoms with Crippen molar-refractivity contribution in [2.24, 2.45) is 0 Å². The third kappa shape index (κ3) is 7.23. The maximum Gasteiger partial charge on any atom is 0.149 e. The number of phenols is 1. The molecule has 4 nitrogen and oxygen atoms in total. The molecule has 0 fully saturated rings. The second-order valence-electron chi connectivity index (χ2n) is 16.4. The van der Waals surface area contributed by atoms with Crippen LogP contribution in [-0.4, -0.2) is 19.6 Å². The summed E-state index contributed by atoms with van der Waals surface area (Å²) in [6.07, 6.45) is 1.80. The normalized spacial score (nSPS) is 12.6. The lowest BCUT2D eigenvalue weighted by atomic mass is 9.85. The number of aromatic nitrogens is 3. The second-order valence-corrected chi connectivity index (χ2v) is 16.4. The van der Waals surface area contributed by atoms with Gasteiger partial charge in [-0.05, 0) is 131 Å². The highest BCUT2D eigenvalue weighted by atomic mass is 16.3. The molecule has 0 amide bonds. The monoisotopic (exact) mass is 768 g/mol. The standard InChI is InChI=1S/C55H47N3O/c1-35-20-22-39(23-21-35)41-26-27-56-49(33-41)44-31-42(38-14-9-7-10-15-38)30-43(32-44)46-18-13-19-51-52(46)57-54(48-29-36(2)28-37(3)53(48)59)58(51)50-25-24-45(55(4,5)6)34-47(50)40-16-11-8-12-17-40/h7-34,59H,1-6H3/i1D3. The number of para-hydroxylation sites is 1. The van der Waals surface area contributed by atoms with Crippen LogP contribution in [0.4, 0.5) is 0 Å². The Kier molecular flexibility index (Phi) is 8.68. The summed E-state index contributed by atoms with van der Waals surface area (Å²) in [6, 6.07) is 55.5. The summed E-state index contributed by atoms with van der Waals surface area (Å²) in [6.45, 7) is 8.51. The van der Waals surface area contributed by atoms with E-state index in [0.717, 1.165) is 83.6 Å². The summed E-state index contributed by atoms with van der Waals surface area (Å²) in [4.78, 5) is 10.4. The van der Waals surface area contributed by atoms with Crippen LogP contribution in [0.3, 0.4) is 0 Å². The van der Waals surface area contributed by atoms with Crippen molar-refractivity contribution in [1.29, 1.82) is 0 Å². The average molecular weight is 769 g/mol. The van der Waals surface area contributed by atoms with Gasteiger partial charge in [-0.25, -0.2) is 4.98 Å². The zero-order valence-corrected chi connectivity index (χ0v) is 34.0. The Hall–Kier alpha value is -7.04. The van der Waals surface area contributed by atoms with Crippen molar-refractivity contribution in [3.8, 4) is 78.6 Å².